The molecule has 10 heteroatoms. The number of nitrogens with zero attached hydrogens (tertiary/aromatic N) is 3. The number of halogens is 1. The number of sulfonamides is 1. The number of rotatable bonds is 4. The molecule has 18 heavy (non-hydrogen) atoms. The molecule has 0 bridgehead atoms. The maximum Gasteiger partial charge on any atom is 0.324 e. The first kappa shape index (κ1) is 13.4. The topological polar surface area (TPSA) is 114 Å². The molecule has 2 rings (SSSR count). The third kappa shape index (κ3) is 2.04. The third-order valence-corrected chi connectivity index (χ3v) is 5.36. The van der Waals surface area contributed by atoms with Crippen molar-refractivity contribution in [2.24, 2.45) is 7.05 Å². The molecule has 1 heterocycles. The average Bonchev–Trinajstić information content (AvgIpc) is 2.52. The number of aryl methyl sites for hydroxylation is 1. The lowest BCUT2D eigenvalue weighted by Gasteiger charge is -2.37. The minimum Gasteiger partial charge on any atom is -0.480 e. The van der Waals surface area contributed by atoms with Crippen molar-refractivity contribution in [1.29, 1.82) is 0 Å². The number of carboxylic acid groups (broad SMARTS) is 1. The van der Waals surface area contributed by atoms with Crippen molar-refractivity contribution >= 4 is 31.9 Å². The number of aromatic nitrogens is 3. The molecule has 0 atom stereocenters. The summed E-state index contributed by atoms with van der Waals surface area (Å²) < 4.78 is 27.6. The molecule has 0 aromatic carbocycles. The first-order valence-corrected chi connectivity index (χ1v) is 7.39. The van der Waals surface area contributed by atoms with Gasteiger partial charge >= 0.3 is 5.97 Å². The summed E-state index contributed by atoms with van der Waals surface area (Å²) in [4.78, 5) is 11.1. The lowest BCUT2D eigenvalue weighted by atomic mass is 9.78. The van der Waals surface area contributed by atoms with E-state index in [4.69, 9.17) is 5.11 Å². The van der Waals surface area contributed by atoms with Gasteiger partial charge in [0.1, 0.15) is 5.54 Å². The standard InChI is InChI=1S/C8H11BrN4O4S/c1-13-6(5(9)10-12-13)18(16,17)11-8(7(14)15)3-2-4-8/h11H,2-4H2,1H3,(H,14,15). The normalized spacial score (nSPS) is 18.3. The van der Waals surface area contributed by atoms with E-state index in [2.05, 4.69) is 31.0 Å². The summed E-state index contributed by atoms with van der Waals surface area (Å²) in [6.07, 6.45) is 1.24. The van der Waals surface area contributed by atoms with Gasteiger partial charge in [0.15, 0.2) is 4.60 Å². The minimum atomic E-state index is -3.98. The first-order chi connectivity index (χ1) is 8.28. The van der Waals surface area contributed by atoms with Crippen molar-refractivity contribution in [3.05, 3.63) is 4.60 Å². The Morgan fingerprint density at radius 1 is 1.56 bits per heavy atom. The molecule has 1 saturated carbocycles. The van der Waals surface area contributed by atoms with Crippen LogP contribution < -0.4 is 4.72 Å². The van der Waals surface area contributed by atoms with Crippen molar-refractivity contribution in [1.82, 2.24) is 19.7 Å². The van der Waals surface area contributed by atoms with Gasteiger partial charge in [-0.25, -0.2) is 13.1 Å². The highest BCUT2D eigenvalue weighted by Gasteiger charge is 2.48. The Kier molecular flexibility index (Phi) is 3.19. The molecule has 0 aliphatic heterocycles. The molecule has 2 N–H and O–H groups in total. The fourth-order valence-electron chi connectivity index (χ4n) is 1.80. The smallest absolute Gasteiger partial charge is 0.324 e. The van der Waals surface area contributed by atoms with Crippen LogP contribution in [0.1, 0.15) is 19.3 Å². The molecule has 0 amide bonds. The minimum absolute atomic E-state index is 0.0531. The van der Waals surface area contributed by atoms with E-state index in [1.165, 1.54) is 7.05 Å². The van der Waals surface area contributed by atoms with Crippen molar-refractivity contribution < 1.29 is 18.3 Å². The van der Waals surface area contributed by atoms with Gasteiger partial charge in [-0.3, -0.25) is 4.79 Å². The van der Waals surface area contributed by atoms with Crippen LogP contribution in [0.25, 0.3) is 0 Å². The molecule has 1 fully saturated rings. The third-order valence-electron chi connectivity index (χ3n) is 2.94. The lowest BCUT2D eigenvalue weighted by Crippen LogP contribution is -2.59. The zero-order valence-electron chi connectivity index (χ0n) is 9.42. The van der Waals surface area contributed by atoms with E-state index in [-0.39, 0.29) is 22.5 Å². The fourth-order valence-corrected chi connectivity index (χ4v) is 4.32. The van der Waals surface area contributed by atoms with Gasteiger partial charge < -0.3 is 5.11 Å². The highest BCUT2D eigenvalue weighted by molar-refractivity contribution is 9.10. The van der Waals surface area contributed by atoms with Crippen LogP contribution in [0, 0.1) is 0 Å². The van der Waals surface area contributed by atoms with Crippen LogP contribution in [0.15, 0.2) is 9.63 Å². The Hall–Kier alpha value is -1.00. The summed E-state index contributed by atoms with van der Waals surface area (Å²) >= 11 is 2.98. The Bertz CT molecular complexity index is 573. The van der Waals surface area contributed by atoms with Gasteiger partial charge in [0.2, 0.25) is 5.03 Å². The van der Waals surface area contributed by atoms with Crippen molar-refractivity contribution in [2.45, 2.75) is 29.8 Å². The summed E-state index contributed by atoms with van der Waals surface area (Å²) in [5.74, 6) is -1.16. The van der Waals surface area contributed by atoms with E-state index in [1.807, 2.05) is 0 Å². The molecule has 0 spiro atoms. The highest BCUT2D eigenvalue weighted by Crippen LogP contribution is 2.34. The molecule has 1 aliphatic rings. The Morgan fingerprint density at radius 3 is 2.50 bits per heavy atom. The van der Waals surface area contributed by atoms with Crippen LogP contribution in [-0.2, 0) is 21.9 Å². The quantitative estimate of drug-likeness (QED) is 0.789. The van der Waals surface area contributed by atoms with Gasteiger partial charge in [-0.15, -0.1) is 5.10 Å². The van der Waals surface area contributed by atoms with Crippen LogP contribution in [0.2, 0.25) is 0 Å². The largest absolute Gasteiger partial charge is 0.480 e. The van der Waals surface area contributed by atoms with Crippen molar-refractivity contribution in [3.63, 3.8) is 0 Å². The predicted octanol–water partition coefficient (Wildman–Crippen LogP) is -0.137. The number of hydrogen-bond donors (Lipinski definition) is 2. The lowest BCUT2D eigenvalue weighted by molar-refractivity contribution is -0.147. The second kappa shape index (κ2) is 4.28. The Labute approximate surface area is 112 Å². The first-order valence-electron chi connectivity index (χ1n) is 5.11. The van der Waals surface area contributed by atoms with Gasteiger partial charge in [0, 0.05) is 7.05 Å². The van der Waals surface area contributed by atoms with Gasteiger partial charge in [-0.1, -0.05) is 5.21 Å². The Balaban J connectivity index is 2.36. The predicted molar refractivity (Wildman–Crippen MR) is 63.2 cm³/mol. The van der Waals surface area contributed by atoms with E-state index in [0.717, 1.165) is 4.68 Å². The van der Waals surface area contributed by atoms with Crippen molar-refractivity contribution in [2.75, 3.05) is 0 Å². The van der Waals surface area contributed by atoms with Crippen LogP contribution in [0.5, 0.6) is 0 Å². The molecule has 8 nitrogen and oxygen atoms in total. The second-order valence-corrected chi connectivity index (χ2v) is 6.50. The molecule has 0 unspecified atom stereocenters. The van der Waals surface area contributed by atoms with Crippen LogP contribution >= 0.6 is 15.9 Å². The summed E-state index contributed by atoms with van der Waals surface area (Å²) in [5, 5.41) is 16.0. The summed E-state index contributed by atoms with van der Waals surface area (Å²) in [5.41, 5.74) is -1.40. The fraction of sp³-hybridized carbons (Fsp3) is 0.625. The van der Waals surface area contributed by atoms with Crippen LogP contribution in [0.3, 0.4) is 0 Å². The number of carboxylic acids is 1. The number of nitrogens with one attached hydrogen (secondary N) is 1. The van der Waals surface area contributed by atoms with Gasteiger partial charge in [0.25, 0.3) is 10.0 Å². The van der Waals surface area contributed by atoms with E-state index in [9.17, 15) is 13.2 Å². The number of aliphatic carboxylic acids is 1. The zero-order chi connectivity index (χ0) is 13.6. The molecule has 1 aromatic heterocycles. The monoisotopic (exact) mass is 338 g/mol. The maximum absolute atomic E-state index is 12.1. The highest BCUT2D eigenvalue weighted by atomic mass is 79.9. The molecule has 100 valence electrons. The molecule has 0 saturated heterocycles. The Morgan fingerprint density at radius 2 is 2.17 bits per heavy atom. The van der Waals surface area contributed by atoms with E-state index in [1.54, 1.807) is 0 Å². The van der Waals surface area contributed by atoms with Gasteiger partial charge in [-0.2, -0.15) is 4.72 Å². The average molecular weight is 339 g/mol. The summed E-state index contributed by atoms with van der Waals surface area (Å²) in [6, 6.07) is 0. The summed E-state index contributed by atoms with van der Waals surface area (Å²) in [7, 11) is -2.56. The maximum atomic E-state index is 12.1. The molecular formula is C8H11BrN4O4S. The van der Waals surface area contributed by atoms with Gasteiger partial charge in [-0.05, 0) is 35.2 Å². The van der Waals surface area contributed by atoms with Crippen LogP contribution in [0.4, 0.5) is 0 Å². The van der Waals surface area contributed by atoms with E-state index in [0.29, 0.717) is 6.42 Å². The van der Waals surface area contributed by atoms with E-state index >= 15 is 0 Å². The van der Waals surface area contributed by atoms with Gasteiger partial charge in [0.05, 0.1) is 0 Å². The zero-order valence-corrected chi connectivity index (χ0v) is 11.8. The number of hydrogen-bond acceptors (Lipinski definition) is 5. The summed E-state index contributed by atoms with van der Waals surface area (Å²) in [6.45, 7) is 0. The molecule has 0 radical (unpaired) electrons. The molecule has 1 aromatic rings. The number of carbonyl (C=O) groups is 1. The molecule has 1 aliphatic carbocycles. The van der Waals surface area contributed by atoms with E-state index < -0.39 is 21.5 Å². The second-order valence-electron chi connectivity index (χ2n) is 4.16. The molecular weight excluding hydrogens is 328 g/mol. The van der Waals surface area contributed by atoms with Crippen LogP contribution in [-0.4, -0.2) is 40.0 Å². The van der Waals surface area contributed by atoms with Crippen molar-refractivity contribution in [3.8, 4) is 0 Å². The SMILES string of the molecule is Cn1nnc(Br)c1S(=O)(=O)NC1(C(=O)O)CCC1.